The Labute approximate surface area is 164 Å². The van der Waals surface area contributed by atoms with Gasteiger partial charge >= 0.3 is 0 Å². The molecular weight excluding hydrogens is 352 g/mol. The molecule has 6 heteroatoms. The fraction of sp³-hybridized carbons (Fsp3) is 0.409. The minimum absolute atomic E-state index is 0.301. The van der Waals surface area contributed by atoms with Gasteiger partial charge in [0, 0.05) is 29.0 Å². The molecule has 1 fully saturated rings. The lowest BCUT2D eigenvalue weighted by Gasteiger charge is -2.22. The van der Waals surface area contributed by atoms with Crippen molar-refractivity contribution in [3.8, 4) is 0 Å². The molecule has 1 amide bonds. The number of carbonyl (C=O) groups excluding carboxylic acids is 1. The lowest BCUT2D eigenvalue weighted by atomic mass is 9.95. The Balaban J connectivity index is 1.72. The Hall–Kier alpha value is -2.73. The third-order valence-electron chi connectivity index (χ3n) is 5.42. The van der Waals surface area contributed by atoms with Crippen molar-refractivity contribution in [2.75, 3.05) is 5.32 Å². The van der Waals surface area contributed by atoms with Crippen LogP contribution in [-0.2, 0) is 5.60 Å². The largest absolute Gasteiger partial charge is 0.386 e. The van der Waals surface area contributed by atoms with Gasteiger partial charge in [-0.05, 0) is 51.0 Å². The summed E-state index contributed by atoms with van der Waals surface area (Å²) in [7, 11) is 0. The maximum atomic E-state index is 12.6. The summed E-state index contributed by atoms with van der Waals surface area (Å²) >= 11 is 0. The molecule has 0 atom stereocenters. The molecule has 0 saturated heterocycles. The molecule has 0 bridgehead atoms. The van der Waals surface area contributed by atoms with Crippen LogP contribution in [0.4, 0.5) is 5.69 Å². The topological polar surface area (TPSA) is 80.0 Å². The Morgan fingerprint density at radius 2 is 2.00 bits per heavy atom. The van der Waals surface area contributed by atoms with Crippen LogP contribution in [0.5, 0.6) is 0 Å². The number of aromatic nitrogens is 3. The summed E-state index contributed by atoms with van der Waals surface area (Å²) in [5.74, 6) is -0.301. The van der Waals surface area contributed by atoms with Crippen LogP contribution in [0.15, 0.2) is 42.7 Å². The van der Waals surface area contributed by atoms with E-state index in [9.17, 15) is 9.90 Å². The minimum Gasteiger partial charge on any atom is -0.386 e. The number of benzene rings is 1. The number of nitrogens with one attached hydrogen (secondary N) is 1. The van der Waals surface area contributed by atoms with Gasteiger partial charge in [0.15, 0.2) is 0 Å². The highest BCUT2D eigenvalue weighted by atomic mass is 16.3. The molecule has 0 radical (unpaired) electrons. The van der Waals surface area contributed by atoms with Crippen molar-refractivity contribution < 1.29 is 9.90 Å². The van der Waals surface area contributed by atoms with Crippen LogP contribution in [0.2, 0.25) is 0 Å². The SMILES string of the molecule is CC(C)(O)c1cc2nn(C3CCCCC3)cc2cc1NC(=O)c1ccccn1. The van der Waals surface area contributed by atoms with Crippen molar-refractivity contribution >= 4 is 22.5 Å². The molecule has 146 valence electrons. The number of anilines is 1. The fourth-order valence-corrected chi connectivity index (χ4v) is 3.92. The molecule has 2 aromatic heterocycles. The molecule has 0 aliphatic heterocycles. The van der Waals surface area contributed by atoms with E-state index in [4.69, 9.17) is 5.10 Å². The van der Waals surface area contributed by atoms with Gasteiger partial charge in [0.2, 0.25) is 0 Å². The summed E-state index contributed by atoms with van der Waals surface area (Å²) in [5, 5.41) is 19.3. The van der Waals surface area contributed by atoms with E-state index in [1.165, 1.54) is 19.3 Å². The van der Waals surface area contributed by atoms with E-state index in [2.05, 4.69) is 21.2 Å². The predicted molar refractivity (Wildman–Crippen MR) is 109 cm³/mol. The van der Waals surface area contributed by atoms with Gasteiger partial charge in [-0.3, -0.25) is 14.5 Å². The highest BCUT2D eigenvalue weighted by Gasteiger charge is 2.24. The fourth-order valence-electron chi connectivity index (χ4n) is 3.92. The molecule has 2 N–H and O–H groups in total. The van der Waals surface area contributed by atoms with E-state index < -0.39 is 5.60 Å². The third kappa shape index (κ3) is 3.78. The van der Waals surface area contributed by atoms with Crippen LogP contribution >= 0.6 is 0 Å². The molecule has 3 aromatic rings. The summed E-state index contributed by atoms with van der Waals surface area (Å²) in [4.78, 5) is 16.7. The smallest absolute Gasteiger partial charge is 0.274 e. The van der Waals surface area contributed by atoms with Crippen LogP contribution in [0.1, 0.15) is 68.0 Å². The standard InChI is InChI=1S/C22H26N4O2/c1-22(2,28)17-13-19-15(14-26(25-19)16-8-4-3-5-9-16)12-20(17)24-21(27)18-10-6-7-11-23-18/h6-7,10-14,16,28H,3-5,8-9H2,1-2H3,(H,24,27). The van der Waals surface area contributed by atoms with Crippen molar-refractivity contribution in [3.05, 3.63) is 54.0 Å². The van der Waals surface area contributed by atoms with Crippen molar-refractivity contribution in [1.29, 1.82) is 0 Å². The molecule has 28 heavy (non-hydrogen) atoms. The summed E-state index contributed by atoms with van der Waals surface area (Å²) in [5.41, 5.74) is 1.27. The number of rotatable bonds is 4. The lowest BCUT2D eigenvalue weighted by Crippen LogP contribution is -2.21. The number of aliphatic hydroxyl groups is 1. The van der Waals surface area contributed by atoms with E-state index >= 15 is 0 Å². The van der Waals surface area contributed by atoms with Gasteiger partial charge in [0.1, 0.15) is 5.69 Å². The average Bonchev–Trinajstić information content (AvgIpc) is 3.11. The maximum absolute atomic E-state index is 12.6. The van der Waals surface area contributed by atoms with Crippen molar-refractivity contribution in [3.63, 3.8) is 0 Å². The highest BCUT2D eigenvalue weighted by molar-refractivity contribution is 6.04. The van der Waals surface area contributed by atoms with Crippen molar-refractivity contribution in [2.45, 2.75) is 57.6 Å². The summed E-state index contributed by atoms with van der Waals surface area (Å²) in [6.45, 7) is 3.42. The number of pyridine rings is 1. The molecule has 1 aromatic carbocycles. The second kappa shape index (κ2) is 7.36. The van der Waals surface area contributed by atoms with Crippen LogP contribution < -0.4 is 5.32 Å². The second-order valence-electron chi connectivity index (χ2n) is 8.09. The monoisotopic (exact) mass is 378 g/mol. The number of amides is 1. The zero-order valence-electron chi connectivity index (χ0n) is 16.4. The highest BCUT2D eigenvalue weighted by Crippen LogP contribution is 2.34. The predicted octanol–water partition coefficient (Wildman–Crippen LogP) is 4.42. The van der Waals surface area contributed by atoms with E-state index in [0.717, 1.165) is 23.7 Å². The van der Waals surface area contributed by atoms with E-state index in [-0.39, 0.29) is 5.91 Å². The van der Waals surface area contributed by atoms with Crippen LogP contribution in [0, 0.1) is 0 Å². The zero-order valence-corrected chi connectivity index (χ0v) is 16.4. The third-order valence-corrected chi connectivity index (χ3v) is 5.42. The Morgan fingerprint density at radius 3 is 2.68 bits per heavy atom. The van der Waals surface area contributed by atoms with E-state index in [1.54, 1.807) is 38.2 Å². The van der Waals surface area contributed by atoms with Crippen LogP contribution in [0.25, 0.3) is 10.9 Å². The lowest BCUT2D eigenvalue weighted by molar-refractivity contribution is 0.0794. The Bertz CT molecular complexity index is 983. The van der Waals surface area contributed by atoms with E-state index in [1.807, 2.05) is 12.1 Å². The molecule has 1 aliphatic rings. The normalized spacial score (nSPS) is 15.7. The van der Waals surface area contributed by atoms with Gasteiger partial charge in [0.25, 0.3) is 5.91 Å². The average molecular weight is 378 g/mol. The first-order valence-electron chi connectivity index (χ1n) is 9.90. The Morgan fingerprint density at radius 1 is 1.21 bits per heavy atom. The van der Waals surface area contributed by atoms with Crippen LogP contribution in [-0.4, -0.2) is 25.8 Å². The van der Waals surface area contributed by atoms with Crippen molar-refractivity contribution in [1.82, 2.24) is 14.8 Å². The molecular formula is C22H26N4O2. The number of hydrogen-bond donors (Lipinski definition) is 2. The van der Waals surface area contributed by atoms with Gasteiger partial charge < -0.3 is 10.4 Å². The van der Waals surface area contributed by atoms with Gasteiger partial charge in [0.05, 0.1) is 17.2 Å². The molecule has 0 unspecified atom stereocenters. The quantitative estimate of drug-likeness (QED) is 0.704. The van der Waals surface area contributed by atoms with Crippen LogP contribution in [0.3, 0.4) is 0 Å². The maximum Gasteiger partial charge on any atom is 0.274 e. The molecule has 6 nitrogen and oxygen atoms in total. The number of fused-ring (bicyclic) bond motifs is 1. The van der Waals surface area contributed by atoms with Gasteiger partial charge in [-0.25, -0.2) is 0 Å². The molecule has 2 heterocycles. The van der Waals surface area contributed by atoms with Gasteiger partial charge in [-0.15, -0.1) is 0 Å². The number of hydrogen-bond acceptors (Lipinski definition) is 4. The van der Waals surface area contributed by atoms with Gasteiger partial charge in [-0.2, -0.15) is 5.10 Å². The first-order valence-corrected chi connectivity index (χ1v) is 9.90. The summed E-state index contributed by atoms with van der Waals surface area (Å²) < 4.78 is 2.06. The summed E-state index contributed by atoms with van der Waals surface area (Å²) in [6, 6.07) is 9.41. The number of carbonyl (C=O) groups is 1. The summed E-state index contributed by atoms with van der Waals surface area (Å²) in [6.07, 6.45) is 9.70. The molecule has 0 spiro atoms. The first-order chi connectivity index (χ1) is 13.4. The van der Waals surface area contributed by atoms with E-state index in [0.29, 0.717) is 23.0 Å². The molecule has 1 aliphatic carbocycles. The van der Waals surface area contributed by atoms with Crippen molar-refractivity contribution in [2.24, 2.45) is 0 Å². The zero-order chi connectivity index (χ0) is 19.7. The molecule has 1 saturated carbocycles. The Kier molecular flexibility index (Phi) is 4.89. The minimum atomic E-state index is -1.12. The second-order valence-corrected chi connectivity index (χ2v) is 8.09. The first kappa shape index (κ1) is 18.6. The van der Waals surface area contributed by atoms with Gasteiger partial charge in [-0.1, -0.05) is 25.3 Å². The molecule has 4 rings (SSSR count). The number of nitrogens with zero attached hydrogens (tertiary/aromatic N) is 3.